The maximum Gasteiger partial charge on any atom is 0.254 e. The second-order valence-corrected chi connectivity index (χ2v) is 7.04. The highest BCUT2D eigenvalue weighted by atomic mass is 19.3. The Balaban J connectivity index is 1.43. The van der Waals surface area contributed by atoms with Gasteiger partial charge in [0.2, 0.25) is 0 Å². The molecule has 4 rings (SSSR count). The molecule has 6 heteroatoms. The number of rotatable bonds is 3. The van der Waals surface area contributed by atoms with Gasteiger partial charge in [0.1, 0.15) is 17.3 Å². The van der Waals surface area contributed by atoms with Gasteiger partial charge in [-0.1, -0.05) is 6.07 Å². The molecule has 2 aromatic carbocycles. The van der Waals surface area contributed by atoms with Crippen LogP contribution in [0.1, 0.15) is 29.6 Å². The maximum atomic E-state index is 13.5. The Kier molecular flexibility index (Phi) is 3.93. The molecule has 2 aliphatic rings. The summed E-state index contributed by atoms with van der Waals surface area (Å²) in [4.78, 5) is 14.3. The molecule has 1 amide bonds. The largest absolute Gasteiger partial charge is 0.457 e. The zero-order valence-corrected chi connectivity index (χ0v) is 14.1. The Hall–Kier alpha value is -2.50. The fraction of sp³-hybridized carbons (Fsp3) is 0.350. The van der Waals surface area contributed by atoms with E-state index in [0.29, 0.717) is 43.0 Å². The van der Waals surface area contributed by atoms with Crippen LogP contribution in [0.15, 0.2) is 48.5 Å². The lowest BCUT2D eigenvalue weighted by Crippen LogP contribution is -2.40. The molecule has 1 heterocycles. The first-order valence-corrected chi connectivity index (χ1v) is 8.59. The van der Waals surface area contributed by atoms with Gasteiger partial charge in [-0.25, -0.2) is 13.2 Å². The van der Waals surface area contributed by atoms with Gasteiger partial charge in [0, 0.05) is 30.5 Å². The number of amides is 1. The minimum atomic E-state index is -2.56. The molecular weight excluding hydrogens is 343 g/mol. The molecule has 1 saturated heterocycles. The molecule has 0 bridgehead atoms. The third-order valence-electron chi connectivity index (χ3n) is 5.35. The van der Waals surface area contributed by atoms with Crippen LogP contribution in [-0.4, -0.2) is 29.8 Å². The molecular formula is C20H18F3NO2. The van der Waals surface area contributed by atoms with Crippen LogP contribution in [0.25, 0.3) is 0 Å². The molecule has 0 aromatic heterocycles. The van der Waals surface area contributed by atoms with Crippen molar-refractivity contribution in [2.45, 2.75) is 25.2 Å². The predicted molar refractivity (Wildman–Crippen MR) is 90.1 cm³/mol. The number of carbonyl (C=O) groups is 1. The van der Waals surface area contributed by atoms with Gasteiger partial charge in [-0.2, -0.15) is 0 Å². The third kappa shape index (κ3) is 3.04. The summed E-state index contributed by atoms with van der Waals surface area (Å²) in [6, 6.07) is 12.3. The van der Waals surface area contributed by atoms with Gasteiger partial charge < -0.3 is 9.64 Å². The Morgan fingerprint density at radius 3 is 2.27 bits per heavy atom. The average molecular weight is 361 g/mol. The van der Waals surface area contributed by atoms with Crippen molar-refractivity contribution < 1.29 is 22.7 Å². The van der Waals surface area contributed by atoms with E-state index in [1.807, 2.05) is 0 Å². The van der Waals surface area contributed by atoms with Crippen LogP contribution in [0.5, 0.6) is 11.5 Å². The van der Waals surface area contributed by atoms with E-state index in [4.69, 9.17) is 4.74 Å². The highest BCUT2D eigenvalue weighted by Crippen LogP contribution is 2.65. The number of benzene rings is 2. The molecule has 1 saturated carbocycles. The fourth-order valence-corrected chi connectivity index (χ4v) is 3.58. The standard InChI is InChI=1S/C20H18F3NO2/c21-15-4-6-16(7-5-15)26-17-3-1-2-14(12-17)18(25)24-10-8-19(9-11-24)13-20(19,22)23/h1-7,12H,8-11,13H2. The summed E-state index contributed by atoms with van der Waals surface area (Å²) in [7, 11) is 0. The van der Waals surface area contributed by atoms with Crippen molar-refractivity contribution in [3.8, 4) is 11.5 Å². The summed E-state index contributed by atoms with van der Waals surface area (Å²) >= 11 is 0. The Morgan fingerprint density at radius 2 is 1.65 bits per heavy atom. The normalized spacial score (nSPS) is 20.0. The molecule has 0 N–H and O–H groups in total. The molecule has 0 radical (unpaired) electrons. The van der Waals surface area contributed by atoms with Gasteiger partial charge in [0.05, 0.1) is 0 Å². The summed E-state index contributed by atoms with van der Waals surface area (Å²) in [5.74, 6) is -2.18. The van der Waals surface area contributed by atoms with Gasteiger partial charge in [-0.05, 0) is 55.3 Å². The monoisotopic (exact) mass is 361 g/mol. The van der Waals surface area contributed by atoms with Crippen molar-refractivity contribution in [1.29, 1.82) is 0 Å². The van der Waals surface area contributed by atoms with E-state index in [2.05, 4.69) is 0 Å². The van der Waals surface area contributed by atoms with Crippen LogP contribution in [0.2, 0.25) is 0 Å². The van der Waals surface area contributed by atoms with Crippen LogP contribution in [0.4, 0.5) is 13.2 Å². The van der Waals surface area contributed by atoms with Crippen molar-refractivity contribution in [1.82, 2.24) is 4.90 Å². The fourth-order valence-electron chi connectivity index (χ4n) is 3.58. The molecule has 1 aliphatic carbocycles. The van der Waals surface area contributed by atoms with Crippen molar-refractivity contribution >= 4 is 5.91 Å². The van der Waals surface area contributed by atoms with E-state index in [9.17, 15) is 18.0 Å². The van der Waals surface area contributed by atoms with Crippen LogP contribution in [-0.2, 0) is 0 Å². The molecule has 2 fully saturated rings. The lowest BCUT2D eigenvalue weighted by molar-refractivity contribution is 0.0284. The number of likely N-dealkylation sites (tertiary alicyclic amines) is 1. The number of hydrogen-bond acceptors (Lipinski definition) is 2. The summed E-state index contributed by atoms with van der Waals surface area (Å²) < 4.78 is 45.5. The number of halogens is 3. The van der Waals surface area contributed by atoms with E-state index in [0.717, 1.165) is 0 Å². The summed E-state index contributed by atoms with van der Waals surface area (Å²) in [6.45, 7) is 0.689. The van der Waals surface area contributed by atoms with E-state index in [1.54, 1.807) is 29.2 Å². The first kappa shape index (κ1) is 16.9. The summed E-state index contributed by atoms with van der Waals surface area (Å²) in [5, 5.41) is 0. The quantitative estimate of drug-likeness (QED) is 0.780. The molecule has 0 atom stereocenters. The van der Waals surface area contributed by atoms with E-state index in [-0.39, 0.29) is 18.1 Å². The highest BCUT2D eigenvalue weighted by Gasteiger charge is 2.70. The number of nitrogens with zero attached hydrogens (tertiary/aromatic N) is 1. The number of alkyl halides is 2. The highest BCUT2D eigenvalue weighted by molar-refractivity contribution is 5.94. The zero-order valence-electron chi connectivity index (χ0n) is 14.1. The average Bonchev–Trinajstić information content (AvgIpc) is 3.16. The Bertz CT molecular complexity index is 827. The van der Waals surface area contributed by atoms with E-state index < -0.39 is 11.3 Å². The number of ether oxygens (including phenoxy) is 1. The summed E-state index contributed by atoms with van der Waals surface area (Å²) in [5.41, 5.74) is -0.430. The summed E-state index contributed by atoms with van der Waals surface area (Å²) in [6.07, 6.45) is 0.637. The number of hydrogen-bond donors (Lipinski definition) is 0. The lowest BCUT2D eigenvalue weighted by atomic mass is 9.92. The van der Waals surface area contributed by atoms with Crippen LogP contribution >= 0.6 is 0 Å². The molecule has 0 unspecified atom stereocenters. The maximum absolute atomic E-state index is 13.5. The van der Waals surface area contributed by atoms with E-state index >= 15 is 0 Å². The topological polar surface area (TPSA) is 29.5 Å². The molecule has 26 heavy (non-hydrogen) atoms. The Morgan fingerprint density at radius 1 is 1.00 bits per heavy atom. The first-order valence-electron chi connectivity index (χ1n) is 8.59. The molecule has 136 valence electrons. The molecule has 1 aliphatic heterocycles. The van der Waals surface area contributed by atoms with Crippen LogP contribution in [0.3, 0.4) is 0 Å². The van der Waals surface area contributed by atoms with Gasteiger partial charge >= 0.3 is 0 Å². The van der Waals surface area contributed by atoms with Gasteiger partial charge in [0.25, 0.3) is 11.8 Å². The first-order chi connectivity index (χ1) is 12.4. The second-order valence-electron chi connectivity index (χ2n) is 7.04. The van der Waals surface area contributed by atoms with Crippen molar-refractivity contribution in [3.63, 3.8) is 0 Å². The number of piperidine rings is 1. The van der Waals surface area contributed by atoms with Gasteiger partial charge in [0.15, 0.2) is 0 Å². The molecule has 1 spiro atoms. The minimum Gasteiger partial charge on any atom is -0.457 e. The number of carbonyl (C=O) groups excluding carboxylic acids is 1. The van der Waals surface area contributed by atoms with Crippen LogP contribution in [0, 0.1) is 11.2 Å². The predicted octanol–water partition coefficient (Wildman–Crippen LogP) is 4.88. The minimum absolute atomic E-state index is 0.0526. The zero-order chi connectivity index (χ0) is 18.4. The van der Waals surface area contributed by atoms with E-state index in [1.165, 1.54) is 24.3 Å². The van der Waals surface area contributed by atoms with Gasteiger partial charge in [-0.3, -0.25) is 4.79 Å². The second kappa shape index (κ2) is 6.04. The van der Waals surface area contributed by atoms with Crippen molar-refractivity contribution in [3.05, 3.63) is 59.9 Å². The third-order valence-corrected chi connectivity index (χ3v) is 5.35. The molecule has 2 aromatic rings. The lowest BCUT2D eigenvalue weighted by Gasteiger charge is -2.32. The van der Waals surface area contributed by atoms with Gasteiger partial charge in [-0.15, -0.1) is 0 Å². The van der Waals surface area contributed by atoms with Crippen molar-refractivity contribution in [2.75, 3.05) is 13.1 Å². The van der Waals surface area contributed by atoms with Crippen LogP contribution < -0.4 is 4.74 Å². The smallest absolute Gasteiger partial charge is 0.254 e. The van der Waals surface area contributed by atoms with Crippen molar-refractivity contribution in [2.24, 2.45) is 5.41 Å². The molecule has 3 nitrogen and oxygen atoms in total. The Labute approximate surface area is 149 Å². The SMILES string of the molecule is O=C(c1cccc(Oc2ccc(F)cc2)c1)N1CCC2(CC1)CC2(F)F.